The fourth-order valence-electron chi connectivity index (χ4n) is 0.788. The van der Waals surface area contributed by atoms with Crippen LogP contribution in [0.15, 0.2) is 0 Å². The summed E-state index contributed by atoms with van der Waals surface area (Å²) in [6.45, 7) is 3.33. The molecular formula is C8H14F3NO3S2. The fraction of sp³-hybridized carbons (Fsp3) is 0.875. The number of alkyl halides is 3. The standard InChI is InChI=1S/C8H14F3NO3S2/c1-5(2)14-4-6(15-17-16)3-12-7(13)8(9,10)11/h5-6,16H,3-4H2,1-2H3,(H,12,13). The minimum atomic E-state index is -4.89. The zero-order chi connectivity index (χ0) is 13.5. The molecule has 0 bridgehead atoms. The highest BCUT2D eigenvalue weighted by molar-refractivity contribution is 8.66. The molecule has 0 rings (SSSR count). The van der Waals surface area contributed by atoms with Gasteiger partial charge in [-0.25, -0.2) is 0 Å². The normalized spacial score (nSPS) is 13.8. The van der Waals surface area contributed by atoms with E-state index in [0.29, 0.717) is 11.1 Å². The van der Waals surface area contributed by atoms with Crippen molar-refractivity contribution in [1.82, 2.24) is 5.32 Å². The largest absolute Gasteiger partial charge is 0.471 e. The van der Waals surface area contributed by atoms with Crippen molar-refractivity contribution >= 4 is 28.6 Å². The highest BCUT2D eigenvalue weighted by Gasteiger charge is 2.38. The lowest BCUT2D eigenvalue weighted by Crippen LogP contribution is -2.42. The molecule has 4 nitrogen and oxygen atoms in total. The number of carbonyl (C=O) groups is 1. The van der Waals surface area contributed by atoms with E-state index in [2.05, 4.69) is 11.7 Å². The van der Waals surface area contributed by atoms with Gasteiger partial charge in [-0.2, -0.15) is 13.2 Å². The minimum Gasteiger partial charge on any atom is -0.376 e. The molecule has 0 aromatic carbocycles. The summed E-state index contributed by atoms with van der Waals surface area (Å²) < 4.78 is 45.8. The van der Waals surface area contributed by atoms with Crippen LogP contribution in [0.5, 0.6) is 0 Å². The molecule has 0 spiro atoms. The predicted octanol–water partition coefficient (Wildman–Crippen LogP) is 1.97. The van der Waals surface area contributed by atoms with E-state index >= 15 is 0 Å². The van der Waals surface area contributed by atoms with Gasteiger partial charge >= 0.3 is 12.1 Å². The molecule has 0 saturated carbocycles. The maximum absolute atomic E-state index is 11.9. The third-order valence-corrected chi connectivity index (χ3v) is 2.16. The second-order valence-electron chi connectivity index (χ2n) is 3.38. The number of ether oxygens (including phenoxy) is 1. The first-order valence-electron chi connectivity index (χ1n) is 4.71. The first kappa shape index (κ1) is 16.9. The molecule has 0 aromatic rings. The SMILES string of the molecule is CC(C)OCC(CNC(=O)C(F)(F)F)OSS. The van der Waals surface area contributed by atoms with Crippen LogP contribution < -0.4 is 5.32 Å². The van der Waals surface area contributed by atoms with Gasteiger partial charge in [0.15, 0.2) is 0 Å². The van der Waals surface area contributed by atoms with Crippen LogP contribution in [0, 0.1) is 0 Å². The molecule has 0 saturated heterocycles. The smallest absolute Gasteiger partial charge is 0.376 e. The lowest BCUT2D eigenvalue weighted by molar-refractivity contribution is -0.174. The molecule has 0 radical (unpaired) electrons. The van der Waals surface area contributed by atoms with E-state index in [1.807, 2.05) is 0 Å². The molecule has 17 heavy (non-hydrogen) atoms. The summed E-state index contributed by atoms with van der Waals surface area (Å²) in [6, 6.07) is 0. The van der Waals surface area contributed by atoms with Gasteiger partial charge in [-0.1, -0.05) is 11.7 Å². The molecule has 0 aliphatic heterocycles. The molecule has 0 aromatic heterocycles. The zero-order valence-corrected chi connectivity index (χ0v) is 11.0. The van der Waals surface area contributed by atoms with Gasteiger partial charge < -0.3 is 10.1 Å². The number of amides is 1. The Balaban J connectivity index is 4.04. The Morgan fingerprint density at radius 1 is 1.47 bits per heavy atom. The Morgan fingerprint density at radius 3 is 2.47 bits per heavy atom. The van der Waals surface area contributed by atoms with Crippen molar-refractivity contribution in [1.29, 1.82) is 0 Å². The molecule has 0 fully saturated rings. The van der Waals surface area contributed by atoms with Gasteiger partial charge in [0, 0.05) is 6.54 Å². The first-order valence-corrected chi connectivity index (χ1v) is 6.50. The Morgan fingerprint density at radius 2 is 2.06 bits per heavy atom. The molecule has 1 atom stereocenters. The Labute approximate surface area is 107 Å². The lowest BCUT2D eigenvalue weighted by atomic mass is 10.3. The van der Waals surface area contributed by atoms with Crippen molar-refractivity contribution in [2.45, 2.75) is 32.2 Å². The summed E-state index contributed by atoms with van der Waals surface area (Å²) in [4.78, 5) is 10.6. The van der Waals surface area contributed by atoms with Crippen LogP contribution in [0.25, 0.3) is 0 Å². The van der Waals surface area contributed by atoms with E-state index < -0.39 is 18.2 Å². The summed E-state index contributed by atoms with van der Waals surface area (Å²) in [5.41, 5.74) is 0. The monoisotopic (exact) mass is 293 g/mol. The quantitative estimate of drug-likeness (QED) is 0.428. The number of halogens is 3. The van der Waals surface area contributed by atoms with Crippen LogP contribution in [0.3, 0.4) is 0 Å². The van der Waals surface area contributed by atoms with Gasteiger partial charge in [0.2, 0.25) is 0 Å². The van der Waals surface area contributed by atoms with Crippen molar-refractivity contribution in [2.24, 2.45) is 0 Å². The van der Waals surface area contributed by atoms with Gasteiger partial charge in [-0.05, 0) is 13.8 Å². The molecule has 9 heteroatoms. The average Bonchev–Trinajstić information content (AvgIpc) is 2.20. The third kappa shape index (κ3) is 8.58. The molecule has 0 aliphatic carbocycles. The van der Waals surface area contributed by atoms with Gasteiger partial charge in [0.1, 0.15) is 6.10 Å². The molecule has 1 N–H and O–H groups in total. The molecule has 1 amide bonds. The van der Waals surface area contributed by atoms with Crippen LogP contribution in [-0.2, 0) is 13.7 Å². The summed E-state index contributed by atoms with van der Waals surface area (Å²) >= 11 is 4.41. The van der Waals surface area contributed by atoms with E-state index in [1.54, 1.807) is 19.2 Å². The second-order valence-corrected chi connectivity index (χ2v) is 4.17. The van der Waals surface area contributed by atoms with E-state index in [0.717, 1.165) is 0 Å². The lowest BCUT2D eigenvalue weighted by Gasteiger charge is -2.18. The Bertz CT molecular complexity index is 239. The van der Waals surface area contributed by atoms with Crippen molar-refractivity contribution < 1.29 is 26.9 Å². The molecule has 0 heterocycles. The van der Waals surface area contributed by atoms with E-state index in [1.165, 1.54) is 0 Å². The third-order valence-electron chi connectivity index (χ3n) is 1.54. The summed E-state index contributed by atoms with van der Waals surface area (Å²) in [6.07, 6.45) is -5.66. The number of hydrogen-bond acceptors (Lipinski definition) is 5. The Hall–Kier alpha value is -0.120. The average molecular weight is 293 g/mol. The maximum atomic E-state index is 11.9. The van der Waals surface area contributed by atoms with E-state index in [-0.39, 0.29) is 19.3 Å². The van der Waals surface area contributed by atoms with Gasteiger partial charge in [0.05, 0.1) is 23.8 Å². The van der Waals surface area contributed by atoms with Gasteiger partial charge in [-0.3, -0.25) is 8.98 Å². The van der Waals surface area contributed by atoms with Crippen molar-refractivity contribution in [3.8, 4) is 0 Å². The van der Waals surface area contributed by atoms with Gasteiger partial charge in [-0.15, -0.1) is 0 Å². The van der Waals surface area contributed by atoms with Crippen LogP contribution in [0.1, 0.15) is 13.8 Å². The molecular weight excluding hydrogens is 279 g/mol. The van der Waals surface area contributed by atoms with E-state index in [4.69, 9.17) is 8.92 Å². The highest BCUT2D eigenvalue weighted by atomic mass is 33.1. The second kappa shape index (κ2) is 8.06. The van der Waals surface area contributed by atoms with E-state index in [9.17, 15) is 18.0 Å². The number of nitrogens with one attached hydrogen (secondary N) is 1. The molecule has 1 unspecified atom stereocenters. The highest BCUT2D eigenvalue weighted by Crippen LogP contribution is 2.15. The summed E-state index contributed by atoms with van der Waals surface area (Å²) in [7, 11) is 0. The topological polar surface area (TPSA) is 47.6 Å². The van der Waals surface area contributed by atoms with Gasteiger partial charge in [0.25, 0.3) is 0 Å². The van der Waals surface area contributed by atoms with Crippen molar-refractivity contribution in [3.05, 3.63) is 0 Å². The summed E-state index contributed by atoms with van der Waals surface area (Å²) in [5, 5.41) is 1.72. The van der Waals surface area contributed by atoms with Crippen molar-refractivity contribution in [2.75, 3.05) is 13.2 Å². The zero-order valence-electron chi connectivity index (χ0n) is 9.28. The predicted molar refractivity (Wildman–Crippen MR) is 61.6 cm³/mol. The van der Waals surface area contributed by atoms with Crippen LogP contribution >= 0.6 is 22.7 Å². The minimum absolute atomic E-state index is 0.0728. The first-order chi connectivity index (χ1) is 7.77. The van der Waals surface area contributed by atoms with Crippen LogP contribution in [0.2, 0.25) is 0 Å². The van der Waals surface area contributed by atoms with Crippen LogP contribution in [0.4, 0.5) is 13.2 Å². The number of rotatable bonds is 7. The van der Waals surface area contributed by atoms with Crippen LogP contribution in [-0.4, -0.2) is 37.4 Å². The number of hydrogen-bond donors (Lipinski definition) is 2. The number of thiol groups is 1. The molecule has 0 aliphatic rings. The fourth-order valence-corrected chi connectivity index (χ4v) is 1.40. The van der Waals surface area contributed by atoms with Crippen molar-refractivity contribution in [3.63, 3.8) is 0 Å². The number of carbonyl (C=O) groups excluding carboxylic acids is 1. The summed E-state index contributed by atoms with van der Waals surface area (Å²) in [5.74, 6) is -2.00. The Kier molecular flexibility index (Phi) is 8.01. The maximum Gasteiger partial charge on any atom is 0.471 e. The molecule has 102 valence electrons.